The molecule has 0 spiro atoms. The van der Waals surface area contributed by atoms with E-state index in [-0.39, 0.29) is 19.6 Å². The smallest absolute Gasteiger partial charge is 0.420 e. The lowest BCUT2D eigenvalue weighted by molar-refractivity contribution is -0.163. The summed E-state index contributed by atoms with van der Waals surface area (Å²) in [6.07, 6.45) is -4.18. The summed E-state index contributed by atoms with van der Waals surface area (Å²) in [6.45, 7) is 30.1. The molecule has 2 rings (SSSR count). The molecule has 0 aromatic heterocycles. The highest BCUT2D eigenvalue weighted by Crippen LogP contribution is 2.22. The van der Waals surface area contributed by atoms with Crippen molar-refractivity contribution in [3.8, 4) is 0 Å². The summed E-state index contributed by atoms with van der Waals surface area (Å²) in [4.78, 5) is 78.2. The van der Waals surface area contributed by atoms with Gasteiger partial charge in [0.25, 0.3) is 0 Å². The average Bonchev–Trinajstić information content (AvgIpc) is 3.19. The van der Waals surface area contributed by atoms with E-state index in [2.05, 4.69) is 6.58 Å². The zero-order valence-electron chi connectivity index (χ0n) is 43.1. The van der Waals surface area contributed by atoms with Crippen LogP contribution in [-0.2, 0) is 60.7 Å². The van der Waals surface area contributed by atoms with Gasteiger partial charge in [-0.3, -0.25) is 0 Å². The second kappa shape index (κ2) is 27.5. The van der Waals surface area contributed by atoms with Crippen LogP contribution in [0.4, 0.5) is 19.2 Å². The predicted octanol–water partition coefficient (Wildman–Crippen LogP) is 10.1. The minimum Gasteiger partial charge on any atom is -0.458 e. The number of ether oxygens (including phenoxy) is 8. The first kappa shape index (κ1) is 60.5. The van der Waals surface area contributed by atoms with Gasteiger partial charge in [0.15, 0.2) is 0 Å². The highest BCUT2D eigenvalue weighted by atomic mass is 16.6. The van der Waals surface area contributed by atoms with Crippen LogP contribution in [0.25, 0.3) is 0 Å². The second-order valence-corrected chi connectivity index (χ2v) is 20.0. The fourth-order valence-electron chi connectivity index (χ4n) is 5.65. The van der Waals surface area contributed by atoms with Crippen LogP contribution in [0, 0.1) is 0 Å². The Kier molecular flexibility index (Phi) is 24.4. The molecule has 0 fully saturated rings. The highest BCUT2D eigenvalue weighted by molar-refractivity contribution is 5.94. The molecule has 2 aromatic rings. The van der Waals surface area contributed by atoms with Gasteiger partial charge in [-0.15, -0.1) is 6.58 Å². The van der Waals surface area contributed by atoms with Crippen LogP contribution in [0.15, 0.2) is 73.3 Å². The van der Waals surface area contributed by atoms with E-state index >= 15 is 0 Å². The van der Waals surface area contributed by atoms with Crippen molar-refractivity contribution in [1.82, 2.24) is 9.80 Å². The number of imide groups is 2. The third kappa shape index (κ3) is 24.0. The second-order valence-electron chi connectivity index (χ2n) is 20.0. The molecule has 1 N–H and O–H groups in total. The molecule has 68 heavy (non-hydrogen) atoms. The summed E-state index contributed by atoms with van der Waals surface area (Å²) in [5.74, 6) is -1.63. The molecule has 17 nitrogen and oxygen atoms in total. The van der Waals surface area contributed by atoms with Crippen LogP contribution in [0.5, 0.6) is 0 Å². The number of rotatable bonds is 18. The van der Waals surface area contributed by atoms with Crippen molar-refractivity contribution < 1.29 is 71.8 Å². The lowest BCUT2D eigenvalue weighted by Crippen LogP contribution is -2.52. The first-order chi connectivity index (χ1) is 31.3. The van der Waals surface area contributed by atoms with Crippen molar-refractivity contribution in [3.63, 3.8) is 0 Å². The molecule has 4 amide bonds. The number of carbonyl (C=O) groups excluding carboxylic acids is 6. The van der Waals surface area contributed by atoms with E-state index < -0.39 is 95.2 Å². The molecule has 0 heterocycles. The van der Waals surface area contributed by atoms with E-state index in [1.165, 1.54) is 13.8 Å². The fourth-order valence-corrected chi connectivity index (χ4v) is 5.65. The summed E-state index contributed by atoms with van der Waals surface area (Å²) in [5, 5.41) is 9.43. The van der Waals surface area contributed by atoms with E-state index in [4.69, 9.17) is 37.9 Å². The first-order valence-corrected chi connectivity index (χ1v) is 22.7. The largest absolute Gasteiger partial charge is 0.458 e. The summed E-state index contributed by atoms with van der Waals surface area (Å²) < 4.78 is 44.2. The van der Waals surface area contributed by atoms with Gasteiger partial charge in [-0.05, 0) is 128 Å². The zero-order chi connectivity index (χ0) is 52.2. The van der Waals surface area contributed by atoms with Gasteiger partial charge in [-0.25, -0.2) is 28.8 Å². The monoisotopic (exact) mass is 959 g/mol. The topological polar surface area (TPSA) is 203 Å². The number of benzene rings is 2. The Hall–Kier alpha value is -5.52. The van der Waals surface area contributed by atoms with Crippen LogP contribution >= 0.6 is 0 Å². The number of aliphatic hydroxyl groups excluding tert-OH is 1. The Morgan fingerprint density at radius 2 is 0.824 bits per heavy atom. The third-order valence-electron chi connectivity index (χ3n) is 8.90. The molecule has 6 atom stereocenters. The molecular formula is C51H78N2O15. The normalized spacial score (nSPS) is 14.4. The van der Waals surface area contributed by atoms with Crippen LogP contribution in [0.1, 0.15) is 135 Å². The molecule has 0 aliphatic heterocycles. The molecule has 0 unspecified atom stereocenters. The molecular weight excluding hydrogens is 881 g/mol. The number of hydrogen-bond acceptors (Lipinski definition) is 15. The number of amides is 4. The molecule has 0 aliphatic carbocycles. The van der Waals surface area contributed by atoms with E-state index in [1.54, 1.807) is 103 Å². The van der Waals surface area contributed by atoms with Crippen molar-refractivity contribution in [2.75, 3.05) is 6.61 Å². The Labute approximate surface area is 403 Å². The van der Waals surface area contributed by atoms with Crippen molar-refractivity contribution in [2.45, 2.75) is 196 Å². The number of carbonyl (C=O) groups is 6. The molecule has 0 saturated heterocycles. The van der Waals surface area contributed by atoms with E-state index in [1.807, 2.05) is 60.7 Å². The quantitative estimate of drug-likeness (QED) is 0.0839. The van der Waals surface area contributed by atoms with E-state index in [0.29, 0.717) is 22.8 Å². The summed E-state index contributed by atoms with van der Waals surface area (Å²) in [7, 11) is 0. The molecule has 0 radical (unpaired) electrons. The first-order valence-electron chi connectivity index (χ1n) is 22.7. The van der Waals surface area contributed by atoms with Crippen molar-refractivity contribution in [2.24, 2.45) is 0 Å². The minimum absolute atomic E-state index is 0.168. The lowest BCUT2D eigenvalue weighted by atomic mass is 10.1. The van der Waals surface area contributed by atoms with Crippen LogP contribution in [0.3, 0.4) is 0 Å². The van der Waals surface area contributed by atoms with Gasteiger partial charge in [0.05, 0.1) is 25.4 Å². The maximum atomic E-state index is 13.0. The van der Waals surface area contributed by atoms with Gasteiger partial charge < -0.3 is 43.0 Å². The van der Waals surface area contributed by atoms with Gasteiger partial charge in [0.2, 0.25) is 0 Å². The van der Waals surface area contributed by atoms with Crippen LogP contribution in [-0.4, -0.2) is 117 Å². The SMILES string of the molecule is C=CC[C@@H](OCc1ccccc1)[C@H](C)OC(=O)[C@H](C)N(C(=O)OC(C)(C)C)C(=O)OC(C)(C)C.C[C@H](OC(=O)[C@H](C)N(C(=O)OC(C)(C)C)C(=O)OC(C)(C)C)[C@@H](CCO)OCc1ccccc1. The summed E-state index contributed by atoms with van der Waals surface area (Å²) in [6, 6.07) is 16.4. The molecule has 382 valence electrons. The molecule has 17 heteroatoms. The van der Waals surface area contributed by atoms with Gasteiger partial charge in [0, 0.05) is 13.0 Å². The standard InChI is InChI=1S/C26H39NO7.C25H39NO8/c1-10-14-21(31-17-20-15-12-11-13-16-20)19(3)32-22(28)18(2)27(23(29)33-25(4,5)6)24(30)34-26(7,8)9;1-17(26(22(29)33-24(3,4)5)23(30)34-25(6,7)8)21(28)32-18(2)20(14-15-27)31-16-19-12-10-9-11-13-19/h10-13,15-16,18-19,21H,1,14,17H2,2-9H3;9-13,17-18,20,27H,14-16H2,1-8H3/t18-,19-,21+;17-,18-,20+/m00/s1. The fraction of sp³-hybridized carbons (Fsp3) is 0.608. The predicted molar refractivity (Wildman–Crippen MR) is 255 cm³/mol. The Morgan fingerprint density at radius 3 is 1.10 bits per heavy atom. The number of aliphatic hydroxyl groups is 1. The van der Waals surface area contributed by atoms with Crippen LogP contribution in [0.2, 0.25) is 0 Å². The molecule has 0 bridgehead atoms. The minimum atomic E-state index is -1.32. The maximum absolute atomic E-state index is 13.0. The average molecular weight is 959 g/mol. The maximum Gasteiger partial charge on any atom is 0.420 e. The molecule has 0 aliphatic rings. The Balaban J connectivity index is 0.000000680. The lowest BCUT2D eigenvalue weighted by Gasteiger charge is -2.32. The van der Waals surface area contributed by atoms with Gasteiger partial charge in [-0.2, -0.15) is 9.80 Å². The Morgan fingerprint density at radius 1 is 0.529 bits per heavy atom. The van der Waals surface area contributed by atoms with E-state index in [9.17, 15) is 33.9 Å². The zero-order valence-corrected chi connectivity index (χ0v) is 43.1. The molecule has 2 aromatic carbocycles. The number of esters is 2. The third-order valence-corrected chi connectivity index (χ3v) is 8.90. The van der Waals surface area contributed by atoms with Crippen LogP contribution < -0.4 is 0 Å². The Bertz CT molecular complexity index is 1840. The number of hydrogen-bond donors (Lipinski definition) is 1. The highest BCUT2D eigenvalue weighted by Gasteiger charge is 2.41. The molecule has 0 saturated carbocycles. The van der Waals surface area contributed by atoms with Crippen molar-refractivity contribution in [3.05, 3.63) is 84.4 Å². The summed E-state index contributed by atoms with van der Waals surface area (Å²) in [5.41, 5.74) is -1.65. The van der Waals surface area contributed by atoms with Crippen molar-refractivity contribution in [1.29, 1.82) is 0 Å². The van der Waals surface area contributed by atoms with Crippen molar-refractivity contribution >= 4 is 36.3 Å². The van der Waals surface area contributed by atoms with E-state index in [0.717, 1.165) is 11.1 Å². The van der Waals surface area contributed by atoms with Gasteiger partial charge in [-0.1, -0.05) is 66.7 Å². The number of nitrogens with zero attached hydrogens (tertiary/aromatic N) is 2. The van der Waals surface area contributed by atoms with Gasteiger partial charge in [0.1, 0.15) is 46.7 Å². The summed E-state index contributed by atoms with van der Waals surface area (Å²) >= 11 is 0. The van der Waals surface area contributed by atoms with Gasteiger partial charge >= 0.3 is 36.3 Å².